The molecule has 1 heterocycles. The number of carbonyl (C=O) groups is 1. The summed E-state index contributed by atoms with van der Waals surface area (Å²) >= 11 is 5.70. The third-order valence-corrected chi connectivity index (χ3v) is 4.83. The summed E-state index contributed by atoms with van der Waals surface area (Å²) in [6, 6.07) is 7.90. The van der Waals surface area contributed by atoms with Crippen molar-refractivity contribution in [2.24, 2.45) is 5.92 Å². The van der Waals surface area contributed by atoms with Gasteiger partial charge in [0.05, 0.1) is 9.95 Å². The summed E-state index contributed by atoms with van der Waals surface area (Å²) in [6.45, 7) is 0.763. The highest BCUT2D eigenvalue weighted by molar-refractivity contribution is 6.31. The van der Waals surface area contributed by atoms with E-state index >= 15 is 0 Å². The van der Waals surface area contributed by atoms with Crippen LogP contribution in [0.5, 0.6) is 0 Å². The highest BCUT2D eigenvalue weighted by Gasteiger charge is 2.30. The molecule has 1 saturated heterocycles. The first kappa shape index (κ1) is 19.0. The van der Waals surface area contributed by atoms with Gasteiger partial charge in [-0.2, -0.15) is 4.39 Å². The number of amides is 1. The van der Waals surface area contributed by atoms with E-state index in [9.17, 15) is 23.7 Å². The first-order chi connectivity index (χ1) is 12.9. The van der Waals surface area contributed by atoms with Crippen LogP contribution in [0, 0.1) is 27.7 Å². The topological polar surface area (TPSA) is 75.5 Å². The second-order valence-corrected chi connectivity index (χ2v) is 6.65. The van der Waals surface area contributed by atoms with E-state index in [4.69, 9.17) is 11.6 Å². The molecule has 2 aromatic carbocycles. The minimum absolute atomic E-state index is 0.0824. The zero-order chi connectivity index (χ0) is 19.6. The van der Waals surface area contributed by atoms with Crippen molar-refractivity contribution in [3.8, 4) is 0 Å². The lowest BCUT2D eigenvalue weighted by molar-refractivity contribution is -0.386. The molecule has 0 saturated carbocycles. The van der Waals surface area contributed by atoms with Gasteiger partial charge in [0.1, 0.15) is 11.5 Å². The van der Waals surface area contributed by atoms with Gasteiger partial charge in [0, 0.05) is 24.7 Å². The molecule has 27 heavy (non-hydrogen) atoms. The lowest BCUT2D eigenvalue weighted by atomic mass is 9.95. The maximum absolute atomic E-state index is 13.8. The molecule has 0 radical (unpaired) electrons. The predicted molar refractivity (Wildman–Crippen MR) is 98.0 cm³/mol. The molecule has 0 bridgehead atoms. The first-order valence-corrected chi connectivity index (χ1v) is 8.68. The Morgan fingerprint density at radius 3 is 2.52 bits per heavy atom. The maximum Gasteiger partial charge on any atom is 0.327 e. The summed E-state index contributed by atoms with van der Waals surface area (Å²) in [6.07, 6.45) is 0.906. The Kier molecular flexibility index (Phi) is 5.55. The number of nitro benzene ring substituents is 1. The average molecular weight is 396 g/mol. The van der Waals surface area contributed by atoms with Crippen LogP contribution in [-0.2, 0) is 4.79 Å². The molecular weight excluding hydrogens is 380 g/mol. The van der Waals surface area contributed by atoms with Crippen LogP contribution in [-0.4, -0.2) is 23.9 Å². The molecule has 9 heteroatoms. The van der Waals surface area contributed by atoms with Gasteiger partial charge in [-0.15, -0.1) is 0 Å². The van der Waals surface area contributed by atoms with Crippen LogP contribution in [0.1, 0.15) is 12.8 Å². The Balaban J connectivity index is 1.65. The minimum atomic E-state index is -0.884. The van der Waals surface area contributed by atoms with Crippen molar-refractivity contribution in [3.05, 3.63) is 63.2 Å². The van der Waals surface area contributed by atoms with E-state index in [1.54, 1.807) is 4.90 Å². The summed E-state index contributed by atoms with van der Waals surface area (Å²) < 4.78 is 27.0. The summed E-state index contributed by atoms with van der Waals surface area (Å²) in [5, 5.41) is 13.8. The van der Waals surface area contributed by atoms with Gasteiger partial charge >= 0.3 is 5.69 Å². The van der Waals surface area contributed by atoms with Crippen molar-refractivity contribution in [1.82, 2.24) is 0 Å². The lowest BCUT2D eigenvalue weighted by Gasteiger charge is -2.32. The summed E-state index contributed by atoms with van der Waals surface area (Å²) in [7, 11) is 0. The molecule has 1 amide bonds. The zero-order valence-corrected chi connectivity index (χ0v) is 14.9. The van der Waals surface area contributed by atoms with E-state index in [2.05, 4.69) is 5.32 Å². The van der Waals surface area contributed by atoms with Crippen LogP contribution in [0.2, 0.25) is 5.02 Å². The number of nitrogens with one attached hydrogen (secondary N) is 1. The summed E-state index contributed by atoms with van der Waals surface area (Å²) in [4.78, 5) is 24.5. The highest BCUT2D eigenvalue weighted by Crippen LogP contribution is 2.33. The van der Waals surface area contributed by atoms with Crippen molar-refractivity contribution < 1.29 is 18.5 Å². The molecule has 2 aromatic rings. The number of hydrogen-bond acceptors (Lipinski definition) is 4. The fourth-order valence-corrected chi connectivity index (χ4v) is 3.32. The van der Waals surface area contributed by atoms with E-state index in [-0.39, 0.29) is 22.5 Å². The molecule has 6 nitrogen and oxygen atoms in total. The predicted octanol–water partition coefficient (Wildman–Crippen LogP) is 4.38. The minimum Gasteiger partial charge on any atom is -0.366 e. The van der Waals surface area contributed by atoms with Crippen LogP contribution in [0.15, 0.2) is 36.4 Å². The Morgan fingerprint density at radius 1 is 1.19 bits per heavy atom. The second kappa shape index (κ2) is 7.87. The van der Waals surface area contributed by atoms with Gasteiger partial charge in [0.25, 0.3) is 0 Å². The van der Waals surface area contributed by atoms with Crippen molar-refractivity contribution in [1.29, 1.82) is 0 Å². The molecule has 1 N–H and O–H groups in total. The van der Waals surface area contributed by atoms with Crippen molar-refractivity contribution in [3.63, 3.8) is 0 Å². The molecule has 0 spiro atoms. The lowest BCUT2D eigenvalue weighted by Crippen LogP contribution is -2.38. The Morgan fingerprint density at radius 2 is 1.89 bits per heavy atom. The fourth-order valence-electron chi connectivity index (χ4n) is 3.14. The summed E-state index contributed by atoms with van der Waals surface area (Å²) in [5.41, 5.74) is 0.0557. The highest BCUT2D eigenvalue weighted by atomic mass is 35.5. The quantitative estimate of drug-likeness (QED) is 0.615. The number of halogens is 3. The average Bonchev–Trinajstić information content (AvgIpc) is 2.64. The molecule has 1 fully saturated rings. The fraction of sp³-hybridized carbons (Fsp3) is 0.278. The molecule has 0 aliphatic carbocycles. The van der Waals surface area contributed by atoms with Crippen molar-refractivity contribution in [2.45, 2.75) is 12.8 Å². The van der Waals surface area contributed by atoms with Gasteiger partial charge in [-0.25, -0.2) is 4.39 Å². The van der Waals surface area contributed by atoms with Crippen LogP contribution in [0.3, 0.4) is 0 Å². The second-order valence-electron chi connectivity index (χ2n) is 6.24. The van der Waals surface area contributed by atoms with Gasteiger partial charge in [-0.3, -0.25) is 14.9 Å². The molecule has 0 unspecified atom stereocenters. The number of benzene rings is 2. The van der Waals surface area contributed by atoms with Gasteiger partial charge in [0.15, 0.2) is 0 Å². The molecular formula is C18H16ClF2N3O3. The van der Waals surface area contributed by atoms with Gasteiger partial charge in [0.2, 0.25) is 11.7 Å². The zero-order valence-electron chi connectivity index (χ0n) is 14.1. The third-order valence-electron chi connectivity index (χ3n) is 4.54. The molecule has 3 rings (SSSR count). The van der Waals surface area contributed by atoms with Crippen LogP contribution in [0.25, 0.3) is 0 Å². The number of carbonyl (C=O) groups excluding carboxylic acids is 1. The molecule has 1 aliphatic rings. The van der Waals surface area contributed by atoms with Gasteiger partial charge in [-0.05, 0) is 43.2 Å². The Labute approximate surface area is 158 Å². The Hall–Kier alpha value is -2.74. The SMILES string of the molecule is O=C(Nc1ccc(F)c(Cl)c1)C1CCN(c2cccc(F)c2[N+](=O)[O-])CC1. The standard InChI is InChI=1S/C18H16ClF2N3O3/c19-13-10-12(4-5-14(13)20)22-18(25)11-6-8-23(9-7-11)16-3-1-2-15(21)17(16)24(26)27/h1-5,10-11H,6-9H2,(H,22,25). The van der Waals surface area contributed by atoms with E-state index in [1.807, 2.05) is 0 Å². The first-order valence-electron chi connectivity index (χ1n) is 8.30. The Bertz CT molecular complexity index is 886. The van der Waals surface area contributed by atoms with E-state index in [0.717, 1.165) is 6.07 Å². The smallest absolute Gasteiger partial charge is 0.327 e. The molecule has 0 aromatic heterocycles. The molecule has 1 aliphatic heterocycles. The van der Waals surface area contributed by atoms with E-state index in [1.165, 1.54) is 30.3 Å². The van der Waals surface area contributed by atoms with Gasteiger partial charge in [-0.1, -0.05) is 17.7 Å². The number of piperidine rings is 1. The third kappa shape index (κ3) is 4.16. The summed E-state index contributed by atoms with van der Waals surface area (Å²) in [5.74, 6) is -1.99. The monoisotopic (exact) mass is 395 g/mol. The number of nitro groups is 1. The normalized spacial score (nSPS) is 14.9. The number of hydrogen-bond donors (Lipinski definition) is 1. The van der Waals surface area contributed by atoms with Crippen molar-refractivity contribution in [2.75, 3.05) is 23.3 Å². The number of anilines is 2. The van der Waals surface area contributed by atoms with E-state index < -0.39 is 22.2 Å². The maximum atomic E-state index is 13.8. The molecule has 142 valence electrons. The number of para-hydroxylation sites is 1. The van der Waals surface area contributed by atoms with E-state index in [0.29, 0.717) is 31.6 Å². The van der Waals surface area contributed by atoms with Gasteiger partial charge < -0.3 is 10.2 Å². The molecule has 0 atom stereocenters. The van der Waals surface area contributed by atoms with Crippen LogP contribution < -0.4 is 10.2 Å². The number of rotatable bonds is 4. The van der Waals surface area contributed by atoms with Crippen LogP contribution in [0.4, 0.5) is 25.8 Å². The van der Waals surface area contributed by atoms with Crippen molar-refractivity contribution >= 4 is 34.6 Å². The number of nitrogens with zero attached hydrogens (tertiary/aromatic N) is 2. The largest absolute Gasteiger partial charge is 0.366 e. The van der Waals surface area contributed by atoms with Crippen LogP contribution >= 0.6 is 11.6 Å².